The standard InChI is InChI=1S/C21H28N4/c1-6-7-8-12-18-20(24-19-14(2)10-9-11-15(19)3)25-17(5)13-16(4)22-21(25)23-18/h9-11,13,24H,6-8,12H2,1-5H3. The third-order valence-corrected chi connectivity index (χ3v) is 4.72. The highest BCUT2D eigenvalue weighted by molar-refractivity contribution is 5.68. The maximum atomic E-state index is 4.85. The molecule has 0 aliphatic rings. The predicted molar refractivity (Wildman–Crippen MR) is 105 cm³/mol. The summed E-state index contributed by atoms with van der Waals surface area (Å²) in [6.07, 6.45) is 4.56. The van der Waals surface area contributed by atoms with Gasteiger partial charge in [-0.25, -0.2) is 9.97 Å². The lowest BCUT2D eigenvalue weighted by atomic mass is 10.1. The lowest BCUT2D eigenvalue weighted by Gasteiger charge is -2.15. The molecule has 4 heteroatoms. The van der Waals surface area contributed by atoms with E-state index in [0.717, 1.165) is 41.5 Å². The number of imidazole rings is 1. The first-order valence-electron chi connectivity index (χ1n) is 9.20. The topological polar surface area (TPSA) is 42.2 Å². The summed E-state index contributed by atoms with van der Waals surface area (Å²) < 4.78 is 2.15. The number of unbranched alkanes of at least 4 members (excludes halogenated alkanes) is 2. The Bertz CT molecular complexity index is 872. The fraction of sp³-hybridized carbons (Fsp3) is 0.429. The van der Waals surface area contributed by atoms with Gasteiger partial charge in [0.05, 0.1) is 5.69 Å². The summed E-state index contributed by atoms with van der Waals surface area (Å²) in [5, 5.41) is 3.68. The summed E-state index contributed by atoms with van der Waals surface area (Å²) in [7, 11) is 0. The van der Waals surface area contributed by atoms with Crippen molar-refractivity contribution in [1.29, 1.82) is 0 Å². The van der Waals surface area contributed by atoms with E-state index in [4.69, 9.17) is 4.98 Å². The molecule has 3 aromatic rings. The van der Waals surface area contributed by atoms with Crippen LogP contribution >= 0.6 is 0 Å². The van der Waals surface area contributed by atoms with Crippen LogP contribution in [0.5, 0.6) is 0 Å². The van der Waals surface area contributed by atoms with E-state index in [2.05, 4.69) is 66.7 Å². The summed E-state index contributed by atoms with van der Waals surface area (Å²) in [6, 6.07) is 8.50. The van der Waals surface area contributed by atoms with Gasteiger partial charge in [0.15, 0.2) is 0 Å². The summed E-state index contributed by atoms with van der Waals surface area (Å²) in [4.78, 5) is 9.50. The minimum Gasteiger partial charge on any atom is -0.339 e. The van der Waals surface area contributed by atoms with Crippen LogP contribution in [0.4, 0.5) is 11.5 Å². The van der Waals surface area contributed by atoms with Crippen LogP contribution in [0, 0.1) is 27.7 Å². The Morgan fingerprint density at radius 2 is 1.72 bits per heavy atom. The van der Waals surface area contributed by atoms with Gasteiger partial charge in [-0.15, -0.1) is 0 Å². The molecule has 2 heterocycles. The molecule has 0 bridgehead atoms. The van der Waals surface area contributed by atoms with Crippen molar-refractivity contribution >= 4 is 17.3 Å². The van der Waals surface area contributed by atoms with Crippen molar-refractivity contribution in [2.45, 2.75) is 60.3 Å². The molecule has 0 atom stereocenters. The monoisotopic (exact) mass is 336 g/mol. The van der Waals surface area contributed by atoms with Crippen LogP contribution in [0.2, 0.25) is 0 Å². The molecule has 2 aromatic heterocycles. The quantitative estimate of drug-likeness (QED) is 0.610. The van der Waals surface area contributed by atoms with Gasteiger partial charge < -0.3 is 5.32 Å². The number of anilines is 2. The summed E-state index contributed by atoms with van der Waals surface area (Å²) >= 11 is 0. The van der Waals surface area contributed by atoms with Crippen LogP contribution in [0.25, 0.3) is 5.78 Å². The average Bonchev–Trinajstić information content (AvgIpc) is 2.89. The van der Waals surface area contributed by atoms with Gasteiger partial charge in [-0.2, -0.15) is 0 Å². The Morgan fingerprint density at radius 3 is 2.40 bits per heavy atom. The first-order chi connectivity index (χ1) is 12.0. The molecule has 0 radical (unpaired) electrons. The molecule has 0 saturated heterocycles. The fourth-order valence-electron chi connectivity index (χ4n) is 3.39. The highest BCUT2D eigenvalue weighted by Gasteiger charge is 2.16. The van der Waals surface area contributed by atoms with E-state index >= 15 is 0 Å². The number of benzene rings is 1. The molecule has 0 aliphatic carbocycles. The van der Waals surface area contributed by atoms with Crippen molar-refractivity contribution in [3.63, 3.8) is 0 Å². The number of hydrogen-bond acceptors (Lipinski definition) is 3. The second-order valence-electron chi connectivity index (χ2n) is 6.93. The molecule has 0 fully saturated rings. The minimum absolute atomic E-state index is 0.790. The number of aryl methyl sites for hydroxylation is 5. The van der Waals surface area contributed by atoms with E-state index < -0.39 is 0 Å². The second-order valence-corrected chi connectivity index (χ2v) is 6.93. The van der Waals surface area contributed by atoms with Crippen molar-refractivity contribution < 1.29 is 0 Å². The van der Waals surface area contributed by atoms with Gasteiger partial charge in [-0.1, -0.05) is 38.0 Å². The normalized spacial score (nSPS) is 11.2. The molecule has 1 N–H and O–H groups in total. The average molecular weight is 336 g/mol. The summed E-state index contributed by atoms with van der Waals surface area (Å²) in [5.74, 6) is 1.85. The summed E-state index contributed by atoms with van der Waals surface area (Å²) in [6.45, 7) is 10.7. The number of hydrogen-bond donors (Lipinski definition) is 1. The molecule has 0 unspecified atom stereocenters. The molecule has 1 aromatic carbocycles. The number of fused-ring (bicyclic) bond motifs is 1. The molecular formula is C21H28N4. The van der Waals surface area contributed by atoms with Gasteiger partial charge in [0.1, 0.15) is 5.82 Å². The van der Waals surface area contributed by atoms with Crippen molar-refractivity contribution in [2.24, 2.45) is 0 Å². The molecule has 0 spiro atoms. The molecule has 0 amide bonds. The van der Waals surface area contributed by atoms with Crippen LogP contribution in [-0.4, -0.2) is 14.4 Å². The van der Waals surface area contributed by atoms with E-state index in [1.54, 1.807) is 0 Å². The van der Waals surface area contributed by atoms with Gasteiger partial charge in [-0.3, -0.25) is 4.40 Å². The first kappa shape index (κ1) is 17.5. The van der Waals surface area contributed by atoms with E-state index in [9.17, 15) is 0 Å². The maximum absolute atomic E-state index is 4.85. The van der Waals surface area contributed by atoms with Gasteiger partial charge in [0, 0.05) is 17.1 Å². The molecular weight excluding hydrogens is 308 g/mol. The van der Waals surface area contributed by atoms with Crippen molar-refractivity contribution in [3.8, 4) is 0 Å². The van der Waals surface area contributed by atoms with Gasteiger partial charge in [0.2, 0.25) is 5.78 Å². The maximum Gasteiger partial charge on any atom is 0.236 e. The number of nitrogens with one attached hydrogen (secondary N) is 1. The smallest absolute Gasteiger partial charge is 0.236 e. The van der Waals surface area contributed by atoms with Crippen molar-refractivity contribution in [2.75, 3.05) is 5.32 Å². The van der Waals surface area contributed by atoms with Gasteiger partial charge in [0.25, 0.3) is 0 Å². The molecule has 0 saturated carbocycles. The highest BCUT2D eigenvalue weighted by Crippen LogP contribution is 2.29. The van der Waals surface area contributed by atoms with Crippen molar-refractivity contribution in [3.05, 3.63) is 52.5 Å². The van der Waals surface area contributed by atoms with Gasteiger partial charge >= 0.3 is 0 Å². The lowest BCUT2D eigenvalue weighted by molar-refractivity contribution is 0.710. The Kier molecular flexibility index (Phi) is 5.07. The summed E-state index contributed by atoms with van der Waals surface area (Å²) in [5.41, 5.74) is 6.93. The molecule has 4 nitrogen and oxygen atoms in total. The number of para-hydroxylation sites is 1. The second kappa shape index (κ2) is 7.26. The van der Waals surface area contributed by atoms with E-state index in [0.29, 0.717) is 0 Å². The Balaban J connectivity index is 2.11. The third-order valence-electron chi connectivity index (χ3n) is 4.72. The van der Waals surface area contributed by atoms with Crippen LogP contribution in [0.15, 0.2) is 24.3 Å². The van der Waals surface area contributed by atoms with E-state index in [1.165, 1.54) is 29.7 Å². The highest BCUT2D eigenvalue weighted by atomic mass is 15.2. The van der Waals surface area contributed by atoms with E-state index in [1.807, 2.05) is 6.92 Å². The number of aromatic nitrogens is 3. The Hall–Kier alpha value is -2.36. The lowest BCUT2D eigenvalue weighted by Crippen LogP contribution is -2.04. The predicted octanol–water partition coefficient (Wildman–Crippen LogP) is 5.44. The zero-order chi connectivity index (χ0) is 18.0. The fourth-order valence-corrected chi connectivity index (χ4v) is 3.39. The van der Waals surface area contributed by atoms with Crippen LogP contribution in [0.1, 0.15) is 54.4 Å². The zero-order valence-electron chi connectivity index (χ0n) is 16.0. The molecule has 0 aliphatic heterocycles. The molecule has 132 valence electrons. The zero-order valence-corrected chi connectivity index (χ0v) is 16.0. The SMILES string of the molecule is CCCCCc1nc2nc(C)cc(C)n2c1Nc1c(C)cccc1C. The minimum atomic E-state index is 0.790. The Morgan fingerprint density at radius 1 is 1.00 bits per heavy atom. The van der Waals surface area contributed by atoms with Crippen LogP contribution in [0.3, 0.4) is 0 Å². The number of rotatable bonds is 6. The molecule has 25 heavy (non-hydrogen) atoms. The Labute approximate surface area is 150 Å². The van der Waals surface area contributed by atoms with Crippen molar-refractivity contribution in [1.82, 2.24) is 14.4 Å². The van der Waals surface area contributed by atoms with E-state index in [-0.39, 0.29) is 0 Å². The van der Waals surface area contributed by atoms with Crippen LogP contribution < -0.4 is 5.32 Å². The van der Waals surface area contributed by atoms with Crippen LogP contribution in [-0.2, 0) is 6.42 Å². The molecule has 3 rings (SSSR count). The van der Waals surface area contributed by atoms with Gasteiger partial charge in [-0.05, 0) is 57.7 Å². The first-order valence-corrected chi connectivity index (χ1v) is 9.20. The third kappa shape index (κ3) is 3.53. The largest absolute Gasteiger partial charge is 0.339 e. The number of nitrogens with zero attached hydrogens (tertiary/aromatic N) is 3.